The highest BCUT2D eigenvalue weighted by Crippen LogP contribution is 2.32. The lowest BCUT2D eigenvalue weighted by Crippen LogP contribution is -2.53. The molecular weight excluding hydrogens is 679 g/mol. The largest absolute Gasteiger partial charge is 0.573 e. The van der Waals surface area contributed by atoms with Crippen LogP contribution in [0.2, 0.25) is 0 Å². The first-order valence-electron chi connectivity index (χ1n) is 15.1. The summed E-state index contributed by atoms with van der Waals surface area (Å²) in [5.74, 6) is -4.81. The lowest BCUT2D eigenvalue weighted by Gasteiger charge is -2.35. The highest BCUT2D eigenvalue weighted by Gasteiger charge is 2.35. The number of ketones is 1. The van der Waals surface area contributed by atoms with Gasteiger partial charge in [-0.15, -0.1) is 13.2 Å². The Morgan fingerprint density at radius 2 is 1.59 bits per heavy atom. The molecule has 3 aromatic carbocycles. The predicted octanol–water partition coefficient (Wildman–Crippen LogP) is 6.47. The average Bonchev–Trinajstić information content (AvgIpc) is 3.03. The Kier molecular flexibility index (Phi) is 11.0. The van der Waals surface area contributed by atoms with Gasteiger partial charge in [0.25, 0.3) is 0 Å². The fourth-order valence-corrected chi connectivity index (χ4v) is 7.57. The van der Waals surface area contributed by atoms with E-state index < -0.39 is 63.1 Å². The van der Waals surface area contributed by atoms with E-state index in [1.807, 2.05) is 0 Å². The first-order chi connectivity index (χ1) is 23.2. The zero-order valence-corrected chi connectivity index (χ0v) is 26.5. The molecule has 7 nitrogen and oxygen atoms in total. The molecule has 15 heteroatoms. The van der Waals surface area contributed by atoms with Crippen molar-refractivity contribution in [3.05, 3.63) is 125 Å². The molecule has 4 aromatic rings. The minimum Gasteiger partial charge on any atom is -0.406 e. The van der Waals surface area contributed by atoms with Crippen molar-refractivity contribution in [3.8, 4) is 5.75 Å². The molecule has 0 saturated carbocycles. The summed E-state index contributed by atoms with van der Waals surface area (Å²) in [6.45, 7) is 0.557. The highest BCUT2D eigenvalue weighted by molar-refractivity contribution is 7.89. The molecule has 1 N–H and O–H groups in total. The Hall–Kier alpha value is -4.34. The van der Waals surface area contributed by atoms with Crippen LogP contribution in [0.4, 0.5) is 30.7 Å². The van der Waals surface area contributed by atoms with Gasteiger partial charge in [-0.1, -0.05) is 12.1 Å². The molecule has 2 heterocycles. The molecule has 1 aliphatic heterocycles. The molecule has 1 aliphatic rings. The van der Waals surface area contributed by atoms with Gasteiger partial charge in [0.05, 0.1) is 11.1 Å². The highest BCUT2D eigenvalue weighted by atomic mass is 32.2. The van der Waals surface area contributed by atoms with E-state index in [0.29, 0.717) is 18.2 Å². The van der Waals surface area contributed by atoms with Crippen LogP contribution >= 0.6 is 0 Å². The summed E-state index contributed by atoms with van der Waals surface area (Å²) in [5, 5.41) is 3.10. The molecule has 49 heavy (non-hydrogen) atoms. The SMILES string of the molecule is O=C(Cc1cncc(F)c1CC[C@H]1CNCCN1S(=O)(=O)c1ccc(OC(F)(F)F)cc1)C[C@@H](c1ccc(F)cc1)c1cc(F)cc(F)c1. The average molecular weight is 710 g/mol. The number of nitrogens with one attached hydrogen (secondary N) is 1. The number of rotatable bonds is 12. The fourth-order valence-electron chi connectivity index (χ4n) is 5.91. The van der Waals surface area contributed by atoms with Gasteiger partial charge in [0, 0.05) is 56.7 Å². The Balaban J connectivity index is 1.33. The first-order valence-corrected chi connectivity index (χ1v) is 16.6. The van der Waals surface area contributed by atoms with Crippen LogP contribution in [0.3, 0.4) is 0 Å². The van der Waals surface area contributed by atoms with E-state index in [0.717, 1.165) is 54.7 Å². The summed E-state index contributed by atoms with van der Waals surface area (Å²) < 4.78 is 127. The van der Waals surface area contributed by atoms with Gasteiger partial charge in [-0.3, -0.25) is 9.78 Å². The molecule has 0 amide bonds. The Morgan fingerprint density at radius 1 is 0.918 bits per heavy atom. The van der Waals surface area contributed by atoms with Crippen molar-refractivity contribution >= 4 is 15.8 Å². The van der Waals surface area contributed by atoms with E-state index in [2.05, 4.69) is 15.0 Å². The molecule has 0 aliphatic carbocycles. The second kappa shape index (κ2) is 15.0. The second-order valence-corrected chi connectivity index (χ2v) is 13.4. The third kappa shape index (κ3) is 9.22. The standard InChI is InChI=1S/C34H30F7N3O4S/c35-24-3-1-21(2-4-24)32(22-13-25(36)16-26(37)14-22)17-28(45)15-23-18-43-20-33(38)31(23)10-5-27-19-42-11-12-44(27)49(46,47)30-8-6-29(7-9-30)48-34(39,40)41/h1-4,6-9,13-14,16,18,20,27,32,42H,5,10-12,15,17,19H2/t27-,32-/m0/s1. The number of piperazine rings is 1. The normalized spacial score (nSPS) is 16.3. The number of sulfonamides is 1. The van der Waals surface area contributed by atoms with Crippen molar-refractivity contribution in [3.63, 3.8) is 0 Å². The molecule has 0 radical (unpaired) electrons. The molecular formula is C34H30F7N3O4S. The summed E-state index contributed by atoms with van der Waals surface area (Å²) in [6.07, 6.45) is -3.08. The summed E-state index contributed by atoms with van der Waals surface area (Å²) in [6, 6.07) is 11.2. The number of benzene rings is 3. The maximum absolute atomic E-state index is 15.2. The number of ether oxygens (including phenoxy) is 1. The monoisotopic (exact) mass is 709 g/mol. The van der Waals surface area contributed by atoms with Crippen LogP contribution in [0, 0.1) is 23.3 Å². The van der Waals surface area contributed by atoms with Gasteiger partial charge in [0.1, 0.15) is 34.8 Å². The number of pyridine rings is 1. The van der Waals surface area contributed by atoms with Crippen molar-refractivity contribution in [2.24, 2.45) is 0 Å². The number of hydrogen-bond donors (Lipinski definition) is 1. The van der Waals surface area contributed by atoms with E-state index in [-0.39, 0.29) is 60.4 Å². The lowest BCUT2D eigenvalue weighted by molar-refractivity contribution is -0.274. The smallest absolute Gasteiger partial charge is 0.406 e. The number of nitrogens with zero attached hydrogens (tertiary/aromatic N) is 2. The van der Waals surface area contributed by atoms with Crippen LogP contribution in [0.1, 0.15) is 41.0 Å². The number of halogens is 7. The van der Waals surface area contributed by atoms with Crippen molar-refractivity contribution in [1.82, 2.24) is 14.6 Å². The van der Waals surface area contributed by atoms with E-state index >= 15 is 4.39 Å². The number of carbonyl (C=O) groups excluding carboxylic acids is 1. The van der Waals surface area contributed by atoms with Gasteiger partial charge in [0.15, 0.2) is 0 Å². The number of carbonyl (C=O) groups is 1. The van der Waals surface area contributed by atoms with Gasteiger partial charge < -0.3 is 10.1 Å². The lowest BCUT2D eigenvalue weighted by atomic mass is 9.85. The number of Topliss-reactive ketones (excluding diaryl/α,β-unsaturated/α-hetero) is 1. The Bertz CT molecular complexity index is 1870. The van der Waals surface area contributed by atoms with Crippen LogP contribution in [-0.2, 0) is 27.7 Å². The Labute approximate surface area is 277 Å². The van der Waals surface area contributed by atoms with Gasteiger partial charge in [-0.05, 0) is 83.6 Å². The van der Waals surface area contributed by atoms with Crippen LogP contribution < -0.4 is 10.1 Å². The minimum atomic E-state index is -4.94. The molecule has 0 bridgehead atoms. The summed E-state index contributed by atoms with van der Waals surface area (Å²) in [4.78, 5) is 17.1. The van der Waals surface area contributed by atoms with Crippen molar-refractivity contribution in [1.29, 1.82) is 0 Å². The van der Waals surface area contributed by atoms with Crippen molar-refractivity contribution in [2.45, 2.75) is 48.9 Å². The number of alkyl halides is 3. The van der Waals surface area contributed by atoms with Gasteiger partial charge in [0.2, 0.25) is 10.0 Å². The first kappa shape index (κ1) is 36.0. The zero-order valence-electron chi connectivity index (χ0n) is 25.7. The molecule has 5 rings (SSSR count). The van der Waals surface area contributed by atoms with E-state index in [9.17, 15) is 39.6 Å². The predicted molar refractivity (Wildman–Crippen MR) is 164 cm³/mol. The second-order valence-electron chi connectivity index (χ2n) is 11.5. The van der Waals surface area contributed by atoms with Crippen LogP contribution in [0.5, 0.6) is 5.75 Å². The summed E-state index contributed by atoms with van der Waals surface area (Å²) in [5.41, 5.74) is 0.969. The van der Waals surface area contributed by atoms with Crippen molar-refractivity contribution in [2.75, 3.05) is 19.6 Å². The molecule has 1 fully saturated rings. The molecule has 260 valence electrons. The maximum atomic E-state index is 15.2. The van der Waals surface area contributed by atoms with Gasteiger partial charge >= 0.3 is 6.36 Å². The van der Waals surface area contributed by atoms with E-state index in [1.54, 1.807) is 0 Å². The maximum Gasteiger partial charge on any atom is 0.573 e. The molecule has 2 atom stereocenters. The third-order valence-corrected chi connectivity index (χ3v) is 10.1. The zero-order chi connectivity index (χ0) is 35.3. The van der Waals surface area contributed by atoms with Gasteiger partial charge in [-0.2, -0.15) is 4.31 Å². The quantitative estimate of drug-likeness (QED) is 0.170. The third-order valence-electron chi connectivity index (χ3n) is 8.16. The summed E-state index contributed by atoms with van der Waals surface area (Å²) in [7, 11) is -4.17. The molecule has 1 saturated heterocycles. The van der Waals surface area contributed by atoms with Crippen LogP contribution in [0.25, 0.3) is 0 Å². The van der Waals surface area contributed by atoms with E-state index in [4.69, 9.17) is 0 Å². The fraction of sp³-hybridized carbons (Fsp3) is 0.294. The number of hydrogen-bond acceptors (Lipinski definition) is 6. The molecule has 0 unspecified atom stereocenters. The molecule has 1 aromatic heterocycles. The van der Waals surface area contributed by atoms with E-state index in [1.165, 1.54) is 22.6 Å². The topological polar surface area (TPSA) is 88.6 Å². The minimum absolute atomic E-state index is 0.00416. The Morgan fingerprint density at radius 3 is 2.24 bits per heavy atom. The van der Waals surface area contributed by atoms with Crippen molar-refractivity contribution < 1.29 is 48.7 Å². The van der Waals surface area contributed by atoms with Crippen LogP contribution in [-0.4, -0.2) is 55.5 Å². The molecule has 0 spiro atoms. The van der Waals surface area contributed by atoms with Crippen LogP contribution in [0.15, 0.2) is 84.0 Å². The van der Waals surface area contributed by atoms with Gasteiger partial charge in [-0.25, -0.2) is 26.0 Å². The summed E-state index contributed by atoms with van der Waals surface area (Å²) >= 11 is 0. The number of aromatic nitrogens is 1.